The Kier molecular flexibility index (Phi) is 7.39. The zero-order valence-electron chi connectivity index (χ0n) is 20.2. The first kappa shape index (κ1) is 24.9. The number of para-hydroxylation sites is 3. The number of aliphatic imine (C=N–C) groups is 1. The van der Waals surface area contributed by atoms with Crippen LogP contribution in [0.5, 0.6) is 0 Å². The molecular formula is C27H24N6O4. The Balaban J connectivity index is 1.70. The van der Waals surface area contributed by atoms with E-state index in [1.165, 1.54) is 6.07 Å². The van der Waals surface area contributed by atoms with Crippen molar-refractivity contribution in [2.45, 2.75) is 0 Å². The van der Waals surface area contributed by atoms with Gasteiger partial charge in [-0.15, -0.1) is 0 Å². The second kappa shape index (κ2) is 11.0. The summed E-state index contributed by atoms with van der Waals surface area (Å²) in [6, 6.07) is 26.1. The van der Waals surface area contributed by atoms with E-state index in [0.29, 0.717) is 17.1 Å². The zero-order chi connectivity index (χ0) is 26.4. The fourth-order valence-electron chi connectivity index (χ4n) is 3.60. The highest BCUT2D eigenvalue weighted by Crippen LogP contribution is 2.40. The molecule has 0 heterocycles. The Morgan fingerprint density at radius 3 is 1.95 bits per heavy atom. The molecule has 0 saturated carbocycles. The third-order valence-electron chi connectivity index (χ3n) is 5.50. The van der Waals surface area contributed by atoms with Gasteiger partial charge in [0.25, 0.3) is 11.4 Å². The molecule has 186 valence electrons. The lowest BCUT2D eigenvalue weighted by molar-refractivity contribution is -0.393. The third-order valence-corrected chi connectivity index (χ3v) is 5.50. The molecule has 10 nitrogen and oxygen atoms in total. The molecule has 0 aliphatic rings. The van der Waals surface area contributed by atoms with Gasteiger partial charge in [-0.2, -0.15) is 0 Å². The van der Waals surface area contributed by atoms with E-state index in [1.54, 1.807) is 54.7 Å². The molecule has 0 atom stereocenters. The van der Waals surface area contributed by atoms with Crippen molar-refractivity contribution in [3.05, 3.63) is 117 Å². The Bertz CT molecular complexity index is 1450. The minimum absolute atomic E-state index is 0.0898. The first-order valence-electron chi connectivity index (χ1n) is 11.3. The van der Waals surface area contributed by atoms with Crippen LogP contribution < -0.4 is 15.5 Å². The van der Waals surface area contributed by atoms with E-state index >= 15 is 0 Å². The molecule has 0 aromatic heterocycles. The van der Waals surface area contributed by atoms with Crippen molar-refractivity contribution in [3.8, 4) is 0 Å². The number of hydrogen-bond acceptors (Lipinski definition) is 8. The fraction of sp³-hybridized carbons (Fsp3) is 0.0741. The van der Waals surface area contributed by atoms with Gasteiger partial charge in [0.2, 0.25) is 0 Å². The second-order valence-corrected chi connectivity index (χ2v) is 8.28. The number of benzene rings is 4. The van der Waals surface area contributed by atoms with Crippen molar-refractivity contribution in [1.82, 2.24) is 0 Å². The molecule has 37 heavy (non-hydrogen) atoms. The van der Waals surface area contributed by atoms with Crippen LogP contribution in [0.25, 0.3) is 0 Å². The van der Waals surface area contributed by atoms with E-state index in [2.05, 4.69) is 15.6 Å². The molecule has 4 aromatic rings. The molecule has 4 aromatic carbocycles. The lowest BCUT2D eigenvalue weighted by Gasteiger charge is -2.13. The van der Waals surface area contributed by atoms with Gasteiger partial charge in [-0.05, 0) is 48.0 Å². The minimum atomic E-state index is -0.653. The van der Waals surface area contributed by atoms with Gasteiger partial charge in [-0.25, -0.2) is 0 Å². The van der Waals surface area contributed by atoms with Crippen molar-refractivity contribution in [1.29, 1.82) is 0 Å². The maximum Gasteiger partial charge on any atom is 0.299 e. The molecule has 0 amide bonds. The summed E-state index contributed by atoms with van der Waals surface area (Å²) in [6.45, 7) is 0. The van der Waals surface area contributed by atoms with Crippen LogP contribution >= 0.6 is 0 Å². The van der Waals surface area contributed by atoms with Crippen LogP contribution in [0.3, 0.4) is 0 Å². The number of nitrogens with zero attached hydrogens (tertiary/aromatic N) is 4. The molecule has 2 N–H and O–H groups in total. The van der Waals surface area contributed by atoms with E-state index in [1.807, 2.05) is 49.3 Å². The Hall–Kier alpha value is -5.25. The summed E-state index contributed by atoms with van der Waals surface area (Å²) >= 11 is 0. The minimum Gasteiger partial charge on any atom is -0.378 e. The van der Waals surface area contributed by atoms with Gasteiger partial charge in [-0.3, -0.25) is 25.2 Å². The van der Waals surface area contributed by atoms with E-state index in [0.717, 1.165) is 17.3 Å². The Morgan fingerprint density at radius 1 is 0.730 bits per heavy atom. The second-order valence-electron chi connectivity index (χ2n) is 8.28. The van der Waals surface area contributed by atoms with Crippen LogP contribution in [-0.2, 0) is 0 Å². The van der Waals surface area contributed by atoms with Gasteiger partial charge in [0.15, 0.2) is 0 Å². The molecule has 0 aliphatic carbocycles. The summed E-state index contributed by atoms with van der Waals surface area (Å²) < 4.78 is 0. The van der Waals surface area contributed by atoms with Crippen molar-refractivity contribution < 1.29 is 9.85 Å². The lowest BCUT2D eigenvalue weighted by atomic mass is 10.1. The largest absolute Gasteiger partial charge is 0.378 e. The first-order chi connectivity index (χ1) is 17.8. The molecule has 0 bridgehead atoms. The summed E-state index contributed by atoms with van der Waals surface area (Å²) in [7, 11) is 3.92. The predicted octanol–water partition coefficient (Wildman–Crippen LogP) is 6.81. The van der Waals surface area contributed by atoms with Gasteiger partial charge in [-0.1, -0.05) is 42.5 Å². The van der Waals surface area contributed by atoms with Crippen LogP contribution in [0.1, 0.15) is 5.56 Å². The smallest absolute Gasteiger partial charge is 0.299 e. The average molecular weight is 497 g/mol. The molecular weight excluding hydrogens is 472 g/mol. The first-order valence-corrected chi connectivity index (χ1v) is 11.3. The van der Waals surface area contributed by atoms with Crippen LogP contribution in [0.2, 0.25) is 0 Å². The highest BCUT2D eigenvalue weighted by Gasteiger charge is 2.25. The number of rotatable bonds is 9. The standard InChI is InChI=1S/C27H24N6O4/c1-31(2)21-14-12-19(13-15-21)18-28-22-10-6-7-11-23(22)30-25-16-24(29-20-8-4-3-5-9-20)26(32(34)35)17-27(25)33(36)37/h3-18,29-30H,1-2H3. The summed E-state index contributed by atoms with van der Waals surface area (Å²) in [5, 5.41) is 29.5. The molecule has 10 heteroatoms. The number of nitro groups is 2. The van der Waals surface area contributed by atoms with E-state index < -0.39 is 21.2 Å². The van der Waals surface area contributed by atoms with E-state index in [-0.39, 0.29) is 11.4 Å². The lowest BCUT2D eigenvalue weighted by Crippen LogP contribution is -2.08. The van der Waals surface area contributed by atoms with E-state index in [4.69, 9.17) is 0 Å². The molecule has 4 rings (SSSR count). The molecule has 0 fully saturated rings. The van der Waals surface area contributed by atoms with Crippen molar-refractivity contribution in [2.75, 3.05) is 29.6 Å². The van der Waals surface area contributed by atoms with Crippen molar-refractivity contribution >= 4 is 51.7 Å². The Labute approximate surface area is 213 Å². The Morgan fingerprint density at radius 2 is 1.32 bits per heavy atom. The van der Waals surface area contributed by atoms with Gasteiger partial charge in [0.1, 0.15) is 11.4 Å². The quantitative estimate of drug-likeness (QED) is 0.148. The van der Waals surface area contributed by atoms with Gasteiger partial charge < -0.3 is 15.5 Å². The van der Waals surface area contributed by atoms with Crippen LogP contribution in [0.15, 0.2) is 96.0 Å². The molecule has 0 spiro atoms. The fourth-order valence-corrected chi connectivity index (χ4v) is 3.60. The topological polar surface area (TPSA) is 126 Å². The summed E-state index contributed by atoms with van der Waals surface area (Å²) in [5.41, 5.74) is 2.97. The number of nitrogens with one attached hydrogen (secondary N) is 2. The normalized spacial score (nSPS) is 10.8. The summed E-state index contributed by atoms with van der Waals surface area (Å²) in [4.78, 5) is 28.8. The van der Waals surface area contributed by atoms with Crippen LogP contribution in [0, 0.1) is 20.2 Å². The van der Waals surface area contributed by atoms with Gasteiger partial charge in [0.05, 0.1) is 27.3 Å². The summed E-state index contributed by atoms with van der Waals surface area (Å²) in [5.74, 6) is 0. The predicted molar refractivity (Wildman–Crippen MR) is 147 cm³/mol. The van der Waals surface area contributed by atoms with Crippen LogP contribution in [0.4, 0.5) is 45.5 Å². The highest BCUT2D eigenvalue weighted by atomic mass is 16.6. The summed E-state index contributed by atoms with van der Waals surface area (Å²) in [6.07, 6.45) is 1.70. The maximum atomic E-state index is 11.8. The third kappa shape index (κ3) is 6.06. The number of anilines is 5. The van der Waals surface area contributed by atoms with Crippen LogP contribution in [-0.4, -0.2) is 30.2 Å². The molecule has 0 saturated heterocycles. The monoisotopic (exact) mass is 496 g/mol. The number of nitro benzene ring substituents is 2. The average Bonchev–Trinajstić information content (AvgIpc) is 2.89. The highest BCUT2D eigenvalue weighted by molar-refractivity contribution is 5.87. The van der Waals surface area contributed by atoms with Gasteiger partial charge in [0, 0.05) is 31.7 Å². The van der Waals surface area contributed by atoms with E-state index in [9.17, 15) is 20.2 Å². The maximum absolute atomic E-state index is 11.8. The SMILES string of the molecule is CN(C)c1ccc(C=Nc2ccccc2Nc2cc(Nc3ccccc3)c([N+](=O)[O-])cc2[N+](=O)[O-])cc1. The zero-order valence-corrected chi connectivity index (χ0v) is 20.2. The molecule has 0 radical (unpaired) electrons. The van der Waals surface area contributed by atoms with Gasteiger partial charge >= 0.3 is 0 Å². The number of hydrogen-bond donors (Lipinski definition) is 2. The van der Waals surface area contributed by atoms with Crippen molar-refractivity contribution in [3.63, 3.8) is 0 Å². The molecule has 0 aliphatic heterocycles. The molecule has 0 unspecified atom stereocenters. The van der Waals surface area contributed by atoms with Crippen molar-refractivity contribution in [2.24, 2.45) is 4.99 Å².